The predicted molar refractivity (Wildman–Crippen MR) is 84.5 cm³/mol. The molecule has 0 unspecified atom stereocenters. The molecular formula is C17H14N2O4. The van der Waals surface area contributed by atoms with Gasteiger partial charge in [0.25, 0.3) is 5.56 Å². The number of para-hydroxylation sites is 1. The van der Waals surface area contributed by atoms with Crippen LogP contribution >= 0.6 is 0 Å². The average molecular weight is 310 g/mol. The molecule has 116 valence electrons. The molecule has 0 aliphatic carbocycles. The molecule has 3 rings (SSSR count). The maximum absolute atomic E-state index is 12.5. The van der Waals surface area contributed by atoms with Crippen LogP contribution in [-0.2, 0) is 11.2 Å². The standard InChI is InChI=1S/C17H14N2O4/c20-12-7-5-11(6-8-12)9-15(17(22)23)19-10-18-14-4-2-1-3-13(14)16(19)21/h1-8,10,15,20H,9H2,(H,22,23)/t15-/m1/s1. The summed E-state index contributed by atoms with van der Waals surface area (Å²) >= 11 is 0. The minimum absolute atomic E-state index is 0.102. The van der Waals surface area contributed by atoms with Gasteiger partial charge in [-0.2, -0.15) is 0 Å². The molecule has 2 N–H and O–H groups in total. The van der Waals surface area contributed by atoms with Gasteiger partial charge >= 0.3 is 5.97 Å². The summed E-state index contributed by atoms with van der Waals surface area (Å²) in [4.78, 5) is 28.3. The van der Waals surface area contributed by atoms with E-state index in [0.717, 1.165) is 4.57 Å². The van der Waals surface area contributed by atoms with E-state index in [4.69, 9.17) is 0 Å². The molecule has 0 amide bonds. The number of nitrogens with zero attached hydrogens (tertiary/aromatic N) is 2. The summed E-state index contributed by atoms with van der Waals surface area (Å²) in [6, 6.07) is 12.0. The lowest BCUT2D eigenvalue weighted by atomic mass is 10.1. The lowest BCUT2D eigenvalue weighted by Gasteiger charge is -2.16. The Bertz CT molecular complexity index is 916. The molecule has 0 saturated carbocycles. The first-order chi connectivity index (χ1) is 11.1. The summed E-state index contributed by atoms with van der Waals surface area (Å²) in [6.07, 6.45) is 1.39. The Morgan fingerprint density at radius 3 is 2.52 bits per heavy atom. The lowest BCUT2D eigenvalue weighted by molar-refractivity contribution is -0.141. The summed E-state index contributed by atoms with van der Waals surface area (Å²) < 4.78 is 1.14. The van der Waals surface area contributed by atoms with Crippen LogP contribution in [0.2, 0.25) is 0 Å². The van der Waals surface area contributed by atoms with E-state index < -0.39 is 12.0 Å². The van der Waals surface area contributed by atoms with E-state index in [1.165, 1.54) is 18.5 Å². The monoisotopic (exact) mass is 310 g/mol. The second-order valence-electron chi connectivity index (χ2n) is 5.20. The van der Waals surface area contributed by atoms with E-state index in [9.17, 15) is 19.8 Å². The minimum atomic E-state index is -1.11. The molecule has 1 heterocycles. The van der Waals surface area contributed by atoms with Crippen LogP contribution in [0.25, 0.3) is 10.9 Å². The number of benzene rings is 2. The molecule has 0 fully saturated rings. The number of carboxylic acid groups (broad SMARTS) is 1. The maximum Gasteiger partial charge on any atom is 0.327 e. The van der Waals surface area contributed by atoms with Crippen LogP contribution in [0.1, 0.15) is 11.6 Å². The van der Waals surface area contributed by atoms with E-state index in [0.29, 0.717) is 16.5 Å². The maximum atomic E-state index is 12.5. The quantitative estimate of drug-likeness (QED) is 0.768. The highest BCUT2D eigenvalue weighted by molar-refractivity contribution is 5.78. The van der Waals surface area contributed by atoms with Crippen LogP contribution < -0.4 is 5.56 Å². The molecule has 1 atom stereocenters. The smallest absolute Gasteiger partial charge is 0.327 e. The van der Waals surface area contributed by atoms with Crippen molar-refractivity contribution >= 4 is 16.9 Å². The Kier molecular flexibility index (Phi) is 3.80. The number of aliphatic carboxylic acids is 1. The number of phenolic OH excluding ortho intramolecular Hbond substituents is 1. The number of phenols is 1. The first-order valence-electron chi connectivity index (χ1n) is 7.03. The predicted octanol–water partition coefficient (Wildman–Crippen LogP) is 1.97. The Hall–Kier alpha value is -3.15. The van der Waals surface area contributed by atoms with Crippen LogP contribution in [0.4, 0.5) is 0 Å². The summed E-state index contributed by atoms with van der Waals surface area (Å²) in [5, 5.41) is 19.2. The zero-order chi connectivity index (χ0) is 16.4. The van der Waals surface area contributed by atoms with Crippen LogP contribution in [0.3, 0.4) is 0 Å². The van der Waals surface area contributed by atoms with Crippen LogP contribution in [0.15, 0.2) is 59.7 Å². The zero-order valence-electron chi connectivity index (χ0n) is 12.1. The van der Waals surface area contributed by atoms with Gasteiger partial charge in [-0.3, -0.25) is 9.36 Å². The van der Waals surface area contributed by atoms with Gasteiger partial charge < -0.3 is 10.2 Å². The fourth-order valence-corrected chi connectivity index (χ4v) is 2.46. The third-order valence-electron chi connectivity index (χ3n) is 3.68. The van der Waals surface area contributed by atoms with Gasteiger partial charge in [0.05, 0.1) is 17.2 Å². The number of hydrogen-bond donors (Lipinski definition) is 2. The van der Waals surface area contributed by atoms with Gasteiger partial charge in [0.2, 0.25) is 0 Å². The van der Waals surface area contributed by atoms with Crippen molar-refractivity contribution in [3.8, 4) is 5.75 Å². The van der Waals surface area contributed by atoms with E-state index in [-0.39, 0.29) is 17.7 Å². The summed E-state index contributed by atoms with van der Waals surface area (Å²) in [6.45, 7) is 0. The number of rotatable bonds is 4. The molecule has 0 aliphatic heterocycles. The highest BCUT2D eigenvalue weighted by Gasteiger charge is 2.22. The van der Waals surface area contributed by atoms with Crippen LogP contribution in [0.5, 0.6) is 5.75 Å². The fraction of sp³-hybridized carbons (Fsp3) is 0.118. The van der Waals surface area contributed by atoms with Crippen molar-refractivity contribution in [1.82, 2.24) is 9.55 Å². The molecule has 23 heavy (non-hydrogen) atoms. The van der Waals surface area contributed by atoms with Gasteiger partial charge in [0.1, 0.15) is 11.8 Å². The Balaban J connectivity index is 2.05. The van der Waals surface area contributed by atoms with E-state index >= 15 is 0 Å². The van der Waals surface area contributed by atoms with E-state index in [1.54, 1.807) is 36.4 Å². The molecule has 0 bridgehead atoms. The molecular weight excluding hydrogens is 296 g/mol. The van der Waals surface area contributed by atoms with Gasteiger partial charge in [-0.1, -0.05) is 24.3 Å². The first kappa shape index (κ1) is 14.8. The van der Waals surface area contributed by atoms with Crippen molar-refractivity contribution < 1.29 is 15.0 Å². The molecule has 0 radical (unpaired) electrons. The summed E-state index contributed by atoms with van der Waals surface area (Å²) in [5.74, 6) is -1.01. The van der Waals surface area contributed by atoms with Crippen molar-refractivity contribution in [2.45, 2.75) is 12.5 Å². The molecule has 0 aliphatic rings. The van der Waals surface area contributed by atoms with Crippen molar-refractivity contribution in [3.05, 3.63) is 70.8 Å². The molecule has 1 aromatic heterocycles. The van der Waals surface area contributed by atoms with E-state index in [2.05, 4.69) is 4.98 Å². The summed E-state index contributed by atoms with van der Waals surface area (Å²) in [5.41, 5.74) is 0.847. The van der Waals surface area contributed by atoms with Crippen molar-refractivity contribution in [3.63, 3.8) is 0 Å². The Morgan fingerprint density at radius 1 is 1.13 bits per heavy atom. The number of aromatic hydroxyl groups is 1. The second-order valence-corrected chi connectivity index (χ2v) is 5.20. The first-order valence-corrected chi connectivity index (χ1v) is 7.03. The molecule has 6 nitrogen and oxygen atoms in total. The third kappa shape index (κ3) is 2.91. The zero-order valence-corrected chi connectivity index (χ0v) is 12.1. The average Bonchev–Trinajstić information content (AvgIpc) is 2.55. The number of carbonyl (C=O) groups is 1. The fourth-order valence-electron chi connectivity index (χ4n) is 2.46. The van der Waals surface area contributed by atoms with Gasteiger partial charge in [-0.15, -0.1) is 0 Å². The highest BCUT2D eigenvalue weighted by atomic mass is 16.4. The van der Waals surface area contributed by atoms with Crippen molar-refractivity contribution in [2.24, 2.45) is 0 Å². The van der Waals surface area contributed by atoms with Gasteiger partial charge in [0, 0.05) is 6.42 Å². The molecule has 0 spiro atoms. The normalized spacial score (nSPS) is 12.2. The van der Waals surface area contributed by atoms with Crippen LogP contribution in [-0.4, -0.2) is 25.7 Å². The Labute approximate surface area is 131 Å². The largest absolute Gasteiger partial charge is 0.508 e. The SMILES string of the molecule is O=C(O)[C@@H](Cc1ccc(O)cc1)n1cnc2ccccc2c1=O. The molecule has 3 aromatic rings. The number of hydrogen-bond acceptors (Lipinski definition) is 4. The number of aromatic nitrogens is 2. The van der Waals surface area contributed by atoms with Crippen molar-refractivity contribution in [1.29, 1.82) is 0 Å². The molecule has 2 aromatic carbocycles. The topological polar surface area (TPSA) is 92.4 Å². The Morgan fingerprint density at radius 2 is 1.83 bits per heavy atom. The van der Waals surface area contributed by atoms with Gasteiger partial charge in [0.15, 0.2) is 0 Å². The third-order valence-corrected chi connectivity index (χ3v) is 3.68. The van der Waals surface area contributed by atoms with Gasteiger partial charge in [-0.25, -0.2) is 9.78 Å². The molecule has 0 saturated heterocycles. The molecule has 6 heteroatoms. The van der Waals surface area contributed by atoms with Gasteiger partial charge in [-0.05, 0) is 29.8 Å². The lowest BCUT2D eigenvalue weighted by Crippen LogP contribution is -2.31. The number of fused-ring (bicyclic) bond motifs is 1. The number of carboxylic acids is 1. The van der Waals surface area contributed by atoms with E-state index in [1.807, 2.05) is 0 Å². The van der Waals surface area contributed by atoms with Crippen LogP contribution in [0, 0.1) is 0 Å². The highest BCUT2D eigenvalue weighted by Crippen LogP contribution is 2.17. The minimum Gasteiger partial charge on any atom is -0.508 e. The van der Waals surface area contributed by atoms with Crippen molar-refractivity contribution in [2.75, 3.05) is 0 Å². The second kappa shape index (κ2) is 5.92. The summed E-state index contributed by atoms with van der Waals surface area (Å²) in [7, 11) is 0.